The molecule has 6 nitrogen and oxygen atoms in total. The number of amides is 1. The van der Waals surface area contributed by atoms with Crippen molar-refractivity contribution in [2.45, 2.75) is 33.4 Å². The standard InChI is InChI=1S/C24H24N4O2/c1-16-8-9-17(2)22(12-16)30-23-11-10-19(13-25-23)14-26-24(29)18(3)28-15-27-20-6-4-5-7-21(20)28/h4-13,15,18H,14H2,1-3H3,(H,26,29)/t18-/m0/s1. The van der Waals surface area contributed by atoms with Gasteiger partial charge in [0.25, 0.3) is 0 Å². The van der Waals surface area contributed by atoms with Crippen LogP contribution in [0.15, 0.2) is 67.1 Å². The fourth-order valence-corrected chi connectivity index (χ4v) is 3.26. The number of fused-ring (bicyclic) bond motifs is 1. The third-order valence-electron chi connectivity index (χ3n) is 5.10. The van der Waals surface area contributed by atoms with Crippen LogP contribution in [-0.4, -0.2) is 20.4 Å². The Morgan fingerprint density at radius 3 is 2.73 bits per heavy atom. The first-order chi connectivity index (χ1) is 14.5. The van der Waals surface area contributed by atoms with Gasteiger partial charge >= 0.3 is 0 Å². The Kier molecular flexibility index (Phi) is 5.48. The Bertz CT molecular complexity index is 1180. The maximum Gasteiger partial charge on any atom is 0.243 e. The van der Waals surface area contributed by atoms with E-state index in [0.29, 0.717) is 12.4 Å². The molecule has 1 atom stereocenters. The summed E-state index contributed by atoms with van der Waals surface area (Å²) < 4.78 is 7.77. The van der Waals surface area contributed by atoms with E-state index in [0.717, 1.165) is 33.5 Å². The molecule has 1 N–H and O–H groups in total. The van der Waals surface area contributed by atoms with E-state index in [1.807, 2.05) is 73.9 Å². The minimum absolute atomic E-state index is 0.0751. The van der Waals surface area contributed by atoms with Crippen LogP contribution in [0.2, 0.25) is 0 Å². The molecule has 0 bridgehead atoms. The molecular weight excluding hydrogens is 376 g/mol. The number of hydrogen-bond donors (Lipinski definition) is 1. The third-order valence-corrected chi connectivity index (χ3v) is 5.10. The van der Waals surface area contributed by atoms with Crippen molar-refractivity contribution in [2.75, 3.05) is 0 Å². The van der Waals surface area contributed by atoms with E-state index in [-0.39, 0.29) is 11.9 Å². The van der Waals surface area contributed by atoms with Crippen LogP contribution in [0.4, 0.5) is 0 Å². The summed E-state index contributed by atoms with van der Waals surface area (Å²) in [6.07, 6.45) is 3.42. The number of rotatable bonds is 6. The summed E-state index contributed by atoms with van der Waals surface area (Å²) in [5, 5.41) is 2.97. The topological polar surface area (TPSA) is 69.0 Å². The number of imidazole rings is 1. The van der Waals surface area contributed by atoms with Crippen molar-refractivity contribution in [3.63, 3.8) is 0 Å². The van der Waals surface area contributed by atoms with Gasteiger partial charge in [-0.25, -0.2) is 9.97 Å². The number of carbonyl (C=O) groups excluding carboxylic acids is 1. The highest BCUT2D eigenvalue weighted by Gasteiger charge is 2.16. The fraction of sp³-hybridized carbons (Fsp3) is 0.208. The number of aromatic nitrogens is 3. The smallest absolute Gasteiger partial charge is 0.243 e. The minimum atomic E-state index is -0.364. The van der Waals surface area contributed by atoms with Crippen LogP contribution >= 0.6 is 0 Å². The number of aryl methyl sites for hydroxylation is 2. The number of nitrogens with zero attached hydrogens (tertiary/aromatic N) is 3. The Labute approximate surface area is 175 Å². The van der Waals surface area contributed by atoms with Gasteiger partial charge in [0.1, 0.15) is 11.8 Å². The first-order valence-electron chi connectivity index (χ1n) is 9.90. The number of pyridine rings is 1. The molecule has 0 fully saturated rings. The van der Waals surface area contributed by atoms with Gasteiger partial charge in [-0.05, 0) is 55.7 Å². The minimum Gasteiger partial charge on any atom is -0.439 e. The molecule has 6 heteroatoms. The van der Waals surface area contributed by atoms with Crippen molar-refractivity contribution in [3.8, 4) is 11.6 Å². The van der Waals surface area contributed by atoms with Crippen LogP contribution in [0, 0.1) is 13.8 Å². The lowest BCUT2D eigenvalue weighted by molar-refractivity contribution is -0.123. The summed E-state index contributed by atoms with van der Waals surface area (Å²) in [4.78, 5) is 21.4. The van der Waals surface area contributed by atoms with E-state index >= 15 is 0 Å². The van der Waals surface area contributed by atoms with E-state index in [4.69, 9.17) is 4.74 Å². The van der Waals surface area contributed by atoms with Gasteiger partial charge in [-0.3, -0.25) is 4.79 Å². The highest BCUT2D eigenvalue weighted by Crippen LogP contribution is 2.24. The van der Waals surface area contributed by atoms with Crippen LogP contribution in [-0.2, 0) is 11.3 Å². The van der Waals surface area contributed by atoms with E-state index in [1.165, 1.54) is 0 Å². The lowest BCUT2D eigenvalue weighted by Gasteiger charge is -2.15. The van der Waals surface area contributed by atoms with Gasteiger partial charge in [0.05, 0.1) is 17.4 Å². The summed E-state index contributed by atoms with van der Waals surface area (Å²) in [6.45, 7) is 6.29. The molecule has 2 heterocycles. The molecule has 152 valence electrons. The van der Waals surface area contributed by atoms with Gasteiger partial charge in [-0.2, -0.15) is 0 Å². The van der Waals surface area contributed by atoms with Gasteiger partial charge in [0.15, 0.2) is 0 Å². The SMILES string of the molecule is Cc1ccc(C)c(Oc2ccc(CNC(=O)[C@H](C)n3cnc4ccccc43)cn2)c1. The Balaban J connectivity index is 1.38. The molecular formula is C24H24N4O2. The predicted molar refractivity (Wildman–Crippen MR) is 117 cm³/mol. The van der Waals surface area contributed by atoms with Gasteiger partial charge in [0.2, 0.25) is 11.8 Å². The van der Waals surface area contributed by atoms with E-state index in [9.17, 15) is 4.79 Å². The molecule has 4 aromatic rings. The third kappa shape index (κ3) is 4.17. The highest BCUT2D eigenvalue weighted by atomic mass is 16.5. The van der Waals surface area contributed by atoms with Crippen LogP contribution in [0.3, 0.4) is 0 Å². The van der Waals surface area contributed by atoms with Gasteiger partial charge in [-0.1, -0.05) is 30.3 Å². The zero-order chi connectivity index (χ0) is 21.1. The summed E-state index contributed by atoms with van der Waals surface area (Å²) >= 11 is 0. The second-order valence-electron chi connectivity index (χ2n) is 7.41. The van der Waals surface area contributed by atoms with Crippen LogP contribution in [0.25, 0.3) is 11.0 Å². The summed E-state index contributed by atoms with van der Waals surface area (Å²) in [5.74, 6) is 1.25. The van der Waals surface area contributed by atoms with Crippen molar-refractivity contribution in [1.29, 1.82) is 0 Å². The predicted octanol–water partition coefficient (Wildman–Crippen LogP) is 4.72. The van der Waals surface area contributed by atoms with Crippen LogP contribution in [0.5, 0.6) is 11.6 Å². The van der Waals surface area contributed by atoms with Gasteiger partial charge in [0, 0.05) is 18.8 Å². The average molecular weight is 400 g/mol. The van der Waals surface area contributed by atoms with Crippen LogP contribution < -0.4 is 10.1 Å². The molecule has 0 aliphatic rings. The first kappa shape index (κ1) is 19.6. The monoisotopic (exact) mass is 400 g/mol. The number of ether oxygens (including phenoxy) is 1. The van der Waals surface area contributed by atoms with Gasteiger partial charge < -0.3 is 14.6 Å². The molecule has 2 aromatic carbocycles. The highest BCUT2D eigenvalue weighted by molar-refractivity contribution is 5.83. The van der Waals surface area contributed by atoms with Crippen LogP contribution in [0.1, 0.15) is 29.7 Å². The zero-order valence-electron chi connectivity index (χ0n) is 17.3. The Morgan fingerprint density at radius 1 is 1.10 bits per heavy atom. The maximum absolute atomic E-state index is 12.6. The van der Waals surface area contributed by atoms with E-state index in [1.54, 1.807) is 12.5 Å². The summed E-state index contributed by atoms with van der Waals surface area (Å²) in [7, 11) is 0. The molecule has 0 saturated carbocycles. The second kappa shape index (κ2) is 8.37. The van der Waals surface area contributed by atoms with Crippen molar-refractivity contribution in [1.82, 2.24) is 19.9 Å². The summed E-state index contributed by atoms with van der Waals surface area (Å²) in [5.41, 5.74) is 4.91. The Hall–Kier alpha value is -3.67. The fourth-order valence-electron chi connectivity index (χ4n) is 3.26. The molecule has 0 unspecified atom stereocenters. The average Bonchev–Trinajstić information content (AvgIpc) is 3.19. The quantitative estimate of drug-likeness (QED) is 0.509. The molecule has 4 rings (SSSR count). The molecule has 0 radical (unpaired) electrons. The van der Waals surface area contributed by atoms with Crippen molar-refractivity contribution in [2.24, 2.45) is 0 Å². The van der Waals surface area contributed by atoms with Crippen molar-refractivity contribution >= 4 is 16.9 Å². The number of para-hydroxylation sites is 2. The van der Waals surface area contributed by atoms with Gasteiger partial charge in [-0.15, -0.1) is 0 Å². The molecule has 1 amide bonds. The lowest BCUT2D eigenvalue weighted by atomic mass is 10.1. The normalized spacial score (nSPS) is 12.0. The Morgan fingerprint density at radius 2 is 1.93 bits per heavy atom. The maximum atomic E-state index is 12.6. The van der Waals surface area contributed by atoms with Crippen molar-refractivity contribution in [3.05, 3.63) is 83.8 Å². The molecule has 0 aliphatic heterocycles. The number of carbonyl (C=O) groups is 1. The largest absolute Gasteiger partial charge is 0.439 e. The van der Waals surface area contributed by atoms with E-state index in [2.05, 4.69) is 21.4 Å². The lowest BCUT2D eigenvalue weighted by Crippen LogP contribution is -2.30. The molecule has 0 aliphatic carbocycles. The number of hydrogen-bond acceptors (Lipinski definition) is 4. The zero-order valence-corrected chi connectivity index (χ0v) is 17.3. The number of benzene rings is 2. The summed E-state index contributed by atoms with van der Waals surface area (Å²) in [6, 6.07) is 17.2. The molecule has 0 spiro atoms. The second-order valence-corrected chi connectivity index (χ2v) is 7.41. The number of nitrogens with one attached hydrogen (secondary N) is 1. The molecule has 0 saturated heterocycles. The first-order valence-corrected chi connectivity index (χ1v) is 9.90. The van der Waals surface area contributed by atoms with Crippen molar-refractivity contribution < 1.29 is 9.53 Å². The molecule has 2 aromatic heterocycles. The molecule has 30 heavy (non-hydrogen) atoms. The van der Waals surface area contributed by atoms with E-state index < -0.39 is 0 Å².